The molecule has 2 aromatic heterocycles. The van der Waals surface area contributed by atoms with E-state index in [4.69, 9.17) is 44.5 Å². The monoisotopic (exact) mass is 613 g/mol. The predicted molar refractivity (Wildman–Crippen MR) is 162 cm³/mol. The number of nitrogens with one attached hydrogen (secondary N) is 3. The van der Waals surface area contributed by atoms with E-state index in [1.54, 1.807) is 41.5 Å². The standard InChI is InChI=1S/C29H30Cl3N7O2/c30-22-3-1-2-20(12-22)16-35-29-37-26(15-27(38-29)39-9-8-33-18-39)36-25(13-19-6-10-41-11-7-19)28(40)34-17-21-4-5-23(31)14-24(21)32/h1-5,8-9,12,14-15,18-19,25H,6-7,10-11,13,16-17H2,(H,34,40)(H2,35,36,37,38). The van der Waals surface area contributed by atoms with Crippen molar-refractivity contribution >= 4 is 52.5 Å². The minimum atomic E-state index is -0.546. The Morgan fingerprint density at radius 3 is 2.61 bits per heavy atom. The number of anilines is 2. The number of hydrogen-bond donors (Lipinski definition) is 3. The van der Waals surface area contributed by atoms with Crippen LogP contribution in [0.3, 0.4) is 0 Å². The third kappa shape index (κ3) is 8.33. The number of carbonyl (C=O) groups is 1. The second-order valence-electron chi connectivity index (χ2n) is 9.83. The van der Waals surface area contributed by atoms with Crippen LogP contribution >= 0.6 is 34.8 Å². The molecule has 0 aliphatic carbocycles. The fraction of sp³-hybridized carbons (Fsp3) is 0.310. The number of imidazole rings is 1. The minimum absolute atomic E-state index is 0.154. The van der Waals surface area contributed by atoms with Crippen LogP contribution in [-0.4, -0.2) is 44.7 Å². The van der Waals surface area contributed by atoms with E-state index in [0.717, 1.165) is 24.0 Å². The summed E-state index contributed by atoms with van der Waals surface area (Å²) in [6.45, 7) is 2.13. The van der Waals surface area contributed by atoms with Gasteiger partial charge in [0.25, 0.3) is 0 Å². The van der Waals surface area contributed by atoms with Crippen LogP contribution in [0.2, 0.25) is 15.1 Å². The van der Waals surface area contributed by atoms with Crippen molar-refractivity contribution in [1.82, 2.24) is 24.8 Å². The smallest absolute Gasteiger partial charge is 0.242 e. The number of nitrogens with zero attached hydrogens (tertiary/aromatic N) is 4. The molecule has 1 fully saturated rings. The van der Waals surface area contributed by atoms with E-state index >= 15 is 0 Å². The van der Waals surface area contributed by atoms with Gasteiger partial charge in [0.1, 0.15) is 24.0 Å². The molecule has 1 saturated heterocycles. The zero-order chi connectivity index (χ0) is 28.6. The van der Waals surface area contributed by atoms with E-state index in [1.807, 2.05) is 30.3 Å². The first-order valence-electron chi connectivity index (χ1n) is 13.3. The van der Waals surface area contributed by atoms with Crippen LogP contribution in [0.4, 0.5) is 11.8 Å². The molecule has 5 rings (SSSR count). The van der Waals surface area contributed by atoms with Gasteiger partial charge in [-0.15, -0.1) is 0 Å². The molecule has 41 heavy (non-hydrogen) atoms. The lowest BCUT2D eigenvalue weighted by Crippen LogP contribution is -2.41. The van der Waals surface area contributed by atoms with Crippen molar-refractivity contribution in [2.75, 3.05) is 23.8 Å². The predicted octanol–water partition coefficient (Wildman–Crippen LogP) is 6.15. The van der Waals surface area contributed by atoms with Gasteiger partial charge in [-0.3, -0.25) is 9.36 Å². The molecule has 2 aromatic carbocycles. The van der Waals surface area contributed by atoms with Gasteiger partial charge in [-0.25, -0.2) is 4.98 Å². The number of amides is 1. The Kier molecular flexibility index (Phi) is 9.95. The Bertz CT molecular complexity index is 1460. The lowest BCUT2D eigenvalue weighted by molar-refractivity contribution is -0.122. The van der Waals surface area contributed by atoms with Crippen molar-refractivity contribution in [3.05, 3.63) is 93.4 Å². The summed E-state index contributed by atoms with van der Waals surface area (Å²) in [5, 5.41) is 11.4. The van der Waals surface area contributed by atoms with Gasteiger partial charge in [0.15, 0.2) is 0 Å². The highest BCUT2D eigenvalue weighted by molar-refractivity contribution is 6.35. The number of rotatable bonds is 11. The van der Waals surface area contributed by atoms with E-state index in [0.29, 0.717) is 64.7 Å². The molecule has 214 valence electrons. The fourth-order valence-corrected chi connectivity index (χ4v) is 5.33. The van der Waals surface area contributed by atoms with Gasteiger partial charge in [0.2, 0.25) is 11.9 Å². The van der Waals surface area contributed by atoms with Crippen LogP contribution in [0, 0.1) is 5.92 Å². The number of ether oxygens (including phenoxy) is 1. The molecule has 1 aliphatic heterocycles. The molecular weight excluding hydrogens is 585 g/mol. The van der Waals surface area contributed by atoms with E-state index in [-0.39, 0.29) is 12.5 Å². The zero-order valence-corrected chi connectivity index (χ0v) is 24.5. The van der Waals surface area contributed by atoms with Crippen molar-refractivity contribution in [2.24, 2.45) is 5.92 Å². The van der Waals surface area contributed by atoms with E-state index < -0.39 is 6.04 Å². The molecule has 0 spiro atoms. The molecule has 0 radical (unpaired) electrons. The number of halogens is 3. The van der Waals surface area contributed by atoms with Crippen LogP contribution < -0.4 is 16.0 Å². The maximum Gasteiger partial charge on any atom is 0.242 e. The lowest BCUT2D eigenvalue weighted by Gasteiger charge is -2.27. The van der Waals surface area contributed by atoms with E-state index in [1.165, 1.54) is 0 Å². The van der Waals surface area contributed by atoms with E-state index in [9.17, 15) is 4.79 Å². The summed E-state index contributed by atoms with van der Waals surface area (Å²) in [5.41, 5.74) is 1.77. The highest BCUT2D eigenvalue weighted by Crippen LogP contribution is 2.24. The first-order valence-corrected chi connectivity index (χ1v) is 14.5. The first kappa shape index (κ1) is 29.1. The lowest BCUT2D eigenvalue weighted by atomic mass is 9.92. The van der Waals surface area contributed by atoms with Crippen LogP contribution in [0.5, 0.6) is 0 Å². The van der Waals surface area contributed by atoms with Gasteiger partial charge in [-0.05, 0) is 60.6 Å². The maximum absolute atomic E-state index is 13.6. The maximum atomic E-state index is 13.6. The van der Waals surface area contributed by atoms with Crippen molar-refractivity contribution in [2.45, 2.75) is 38.4 Å². The van der Waals surface area contributed by atoms with Crippen molar-refractivity contribution in [3.63, 3.8) is 0 Å². The van der Waals surface area contributed by atoms with Gasteiger partial charge >= 0.3 is 0 Å². The summed E-state index contributed by atoms with van der Waals surface area (Å²) in [6.07, 6.45) is 7.55. The summed E-state index contributed by atoms with van der Waals surface area (Å²) in [7, 11) is 0. The Morgan fingerprint density at radius 2 is 1.85 bits per heavy atom. The van der Waals surface area contributed by atoms with Gasteiger partial charge < -0.3 is 20.7 Å². The van der Waals surface area contributed by atoms with E-state index in [2.05, 4.69) is 25.9 Å². The third-order valence-corrected chi connectivity index (χ3v) is 7.66. The molecule has 9 nitrogen and oxygen atoms in total. The van der Waals surface area contributed by atoms with Crippen molar-refractivity contribution in [1.29, 1.82) is 0 Å². The topological polar surface area (TPSA) is 106 Å². The van der Waals surface area contributed by atoms with Crippen molar-refractivity contribution < 1.29 is 9.53 Å². The summed E-state index contributed by atoms with van der Waals surface area (Å²) in [4.78, 5) is 27.1. The minimum Gasteiger partial charge on any atom is -0.381 e. The molecule has 3 heterocycles. The molecule has 12 heteroatoms. The third-order valence-electron chi connectivity index (χ3n) is 6.84. The average molecular weight is 615 g/mol. The molecule has 4 aromatic rings. The number of carbonyl (C=O) groups excluding carboxylic acids is 1. The second-order valence-corrected chi connectivity index (χ2v) is 11.1. The highest BCUT2D eigenvalue weighted by Gasteiger charge is 2.25. The largest absolute Gasteiger partial charge is 0.381 e. The molecule has 0 saturated carbocycles. The molecule has 1 amide bonds. The van der Waals surface area contributed by atoms with Crippen molar-refractivity contribution in [3.8, 4) is 5.82 Å². The average Bonchev–Trinajstić information content (AvgIpc) is 3.51. The summed E-state index contributed by atoms with van der Waals surface area (Å²) < 4.78 is 7.32. The molecular formula is C29H30Cl3N7O2. The summed E-state index contributed by atoms with van der Waals surface area (Å²) in [6, 6.07) is 14.1. The Morgan fingerprint density at radius 1 is 1.02 bits per heavy atom. The SMILES string of the molecule is O=C(NCc1ccc(Cl)cc1Cl)C(CC1CCOCC1)Nc1cc(-n2ccnc2)nc(NCc2cccc(Cl)c2)n1. The Labute approximate surface area is 253 Å². The van der Waals surface area contributed by atoms with Crippen LogP contribution in [0.25, 0.3) is 5.82 Å². The first-order chi connectivity index (χ1) is 19.9. The van der Waals surface area contributed by atoms with Crippen LogP contribution in [-0.2, 0) is 22.6 Å². The second kappa shape index (κ2) is 14.0. The summed E-state index contributed by atoms with van der Waals surface area (Å²) in [5.74, 6) is 1.69. The molecule has 0 bridgehead atoms. The van der Waals surface area contributed by atoms with Crippen LogP contribution in [0.15, 0.2) is 67.3 Å². The molecule has 1 atom stereocenters. The van der Waals surface area contributed by atoms with Gasteiger partial charge in [0, 0.05) is 59.8 Å². The Balaban J connectivity index is 1.37. The molecule has 1 aliphatic rings. The zero-order valence-electron chi connectivity index (χ0n) is 22.2. The number of benzene rings is 2. The van der Waals surface area contributed by atoms with Crippen LogP contribution in [0.1, 0.15) is 30.4 Å². The fourth-order valence-electron chi connectivity index (χ4n) is 4.64. The number of aromatic nitrogens is 4. The Hall–Kier alpha value is -3.37. The summed E-state index contributed by atoms with van der Waals surface area (Å²) >= 11 is 18.5. The molecule has 3 N–H and O–H groups in total. The number of hydrogen-bond acceptors (Lipinski definition) is 7. The van der Waals surface area contributed by atoms with Gasteiger partial charge in [0.05, 0.1) is 0 Å². The normalized spacial score (nSPS) is 14.4. The quantitative estimate of drug-likeness (QED) is 0.186. The van der Waals surface area contributed by atoms with Gasteiger partial charge in [-0.1, -0.05) is 53.0 Å². The molecule has 1 unspecified atom stereocenters. The van der Waals surface area contributed by atoms with Gasteiger partial charge in [-0.2, -0.15) is 9.97 Å². The highest BCUT2D eigenvalue weighted by atomic mass is 35.5.